The molecular formula is C8H14O. The first-order chi connectivity index (χ1) is 4.31. The van der Waals surface area contributed by atoms with E-state index in [1.165, 1.54) is 0 Å². The molecular weight excluding hydrogens is 112 g/mol. The van der Waals surface area contributed by atoms with E-state index in [-0.39, 0.29) is 6.10 Å². The third-order valence-electron chi connectivity index (χ3n) is 2.20. The van der Waals surface area contributed by atoms with Crippen LogP contribution in [0.3, 0.4) is 0 Å². The van der Waals surface area contributed by atoms with Crippen LogP contribution in [-0.2, 0) is 0 Å². The van der Waals surface area contributed by atoms with Gasteiger partial charge in [0.2, 0.25) is 0 Å². The third kappa shape index (κ3) is 1.16. The van der Waals surface area contributed by atoms with Crippen LogP contribution in [0.5, 0.6) is 0 Å². The molecule has 1 heteroatoms. The van der Waals surface area contributed by atoms with E-state index in [0.717, 1.165) is 12.8 Å². The molecule has 0 bridgehead atoms. The number of aliphatic hydroxyl groups excluding tert-OH is 1. The van der Waals surface area contributed by atoms with Crippen LogP contribution in [-0.4, -0.2) is 11.2 Å². The minimum absolute atomic E-state index is 0.0204. The Kier molecular flexibility index (Phi) is 1.91. The van der Waals surface area contributed by atoms with Gasteiger partial charge in [-0.3, -0.25) is 0 Å². The smallest absolute Gasteiger partial charge is 0.0606 e. The van der Waals surface area contributed by atoms with Crippen LogP contribution in [0, 0.1) is 11.8 Å². The second-order valence-electron chi connectivity index (χ2n) is 2.75. The van der Waals surface area contributed by atoms with Crippen LogP contribution in [0.4, 0.5) is 0 Å². The predicted octanol–water partition coefficient (Wildman–Crippen LogP) is 1.58. The number of rotatable bonds is 3. The molecule has 0 amide bonds. The molecule has 0 spiro atoms. The fourth-order valence-electron chi connectivity index (χ4n) is 1.48. The lowest BCUT2D eigenvalue weighted by Gasteiger charge is -1.85. The van der Waals surface area contributed by atoms with Gasteiger partial charge in [0.25, 0.3) is 0 Å². The minimum atomic E-state index is -0.0204. The standard InChI is InChI=1S/C8H14O/c1-3-5-7-6(4-2)8(7)9/h3,6-9H,1,4-5H2,2H3. The number of aliphatic hydroxyl groups is 1. The average molecular weight is 126 g/mol. The molecule has 1 aliphatic carbocycles. The van der Waals surface area contributed by atoms with Crippen molar-refractivity contribution in [3.8, 4) is 0 Å². The maximum absolute atomic E-state index is 9.17. The van der Waals surface area contributed by atoms with E-state index in [4.69, 9.17) is 5.11 Å². The number of allylic oxidation sites excluding steroid dienone is 1. The van der Waals surface area contributed by atoms with Gasteiger partial charge in [-0.05, 0) is 18.3 Å². The largest absolute Gasteiger partial charge is 0.393 e. The zero-order valence-corrected chi connectivity index (χ0v) is 5.88. The maximum Gasteiger partial charge on any atom is 0.0606 e. The fraction of sp³-hybridized carbons (Fsp3) is 0.750. The molecule has 0 heterocycles. The van der Waals surface area contributed by atoms with Crippen molar-refractivity contribution >= 4 is 0 Å². The number of hydrogen-bond acceptors (Lipinski definition) is 1. The van der Waals surface area contributed by atoms with Gasteiger partial charge in [-0.2, -0.15) is 0 Å². The van der Waals surface area contributed by atoms with Crippen LogP contribution in [0.2, 0.25) is 0 Å². The van der Waals surface area contributed by atoms with Gasteiger partial charge in [-0.15, -0.1) is 6.58 Å². The monoisotopic (exact) mass is 126 g/mol. The van der Waals surface area contributed by atoms with Crippen LogP contribution in [0.1, 0.15) is 19.8 Å². The lowest BCUT2D eigenvalue weighted by molar-refractivity contribution is 0.247. The van der Waals surface area contributed by atoms with Gasteiger partial charge in [-0.1, -0.05) is 19.4 Å². The highest BCUT2D eigenvalue weighted by atomic mass is 16.3. The SMILES string of the molecule is C=CCC1C(O)C1CC. The van der Waals surface area contributed by atoms with Gasteiger partial charge in [0, 0.05) is 0 Å². The van der Waals surface area contributed by atoms with Crippen LogP contribution >= 0.6 is 0 Å². The van der Waals surface area contributed by atoms with E-state index in [9.17, 15) is 0 Å². The molecule has 0 saturated heterocycles. The Morgan fingerprint density at radius 2 is 2.22 bits per heavy atom. The topological polar surface area (TPSA) is 20.2 Å². The molecule has 0 aromatic carbocycles. The summed E-state index contributed by atoms with van der Waals surface area (Å²) < 4.78 is 0. The predicted molar refractivity (Wildman–Crippen MR) is 38.1 cm³/mol. The maximum atomic E-state index is 9.17. The molecule has 0 aromatic rings. The molecule has 0 aliphatic heterocycles. The van der Waals surface area contributed by atoms with Crippen LogP contribution < -0.4 is 0 Å². The normalized spacial score (nSPS) is 40.4. The van der Waals surface area contributed by atoms with E-state index < -0.39 is 0 Å². The third-order valence-corrected chi connectivity index (χ3v) is 2.20. The molecule has 1 saturated carbocycles. The molecule has 9 heavy (non-hydrogen) atoms. The summed E-state index contributed by atoms with van der Waals surface area (Å²) in [4.78, 5) is 0. The lowest BCUT2D eigenvalue weighted by Crippen LogP contribution is -1.81. The summed E-state index contributed by atoms with van der Waals surface area (Å²) in [5.41, 5.74) is 0. The molecule has 3 atom stereocenters. The van der Waals surface area contributed by atoms with E-state index in [0.29, 0.717) is 11.8 Å². The first-order valence-electron chi connectivity index (χ1n) is 3.60. The van der Waals surface area contributed by atoms with Crippen molar-refractivity contribution in [2.45, 2.75) is 25.9 Å². The molecule has 0 radical (unpaired) electrons. The van der Waals surface area contributed by atoms with Gasteiger partial charge in [0.1, 0.15) is 0 Å². The molecule has 1 fully saturated rings. The van der Waals surface area contributed by atoms with Crippen molar-refractivity contribution in [2.75, 3.05) is 0 Å². The van der Waals surface area contributed by atoms with Crippen molar-refractivity contribution in [1.29, 1.82) is 0 Å². The molecule has 1 nitrogen and oxygen atoms in total. The highest BCUT2D eigenvalue weighted by Crippen LogP contribution is 2.43. The molecule has 1 rings (SSSR count). The van der Waals surface area contributed by atoms with Crippen molar-refractivity contribution in [3.63, 3.8) is 0 Å². The summed E-state index contributed by atoms with van der Waals surface area (Å²) in [5, 5.41) is 9.17. The summed E-state index contributed by atoms with van der Waals surface area (Å²) in [6.07, 6.45) is 3.97. The minimum Gasteiger partial charge on any atom is -0.393 e. The van der Waals surface area contributed by atoms with Gasteiger partial charge < -0.3 is 5.11 Å². The van der Waals surface area contributed by atoms with E-state index in [1.54, 1.807) is 0 Å². The summed E-state index contributed by atoms with van der Waals surface area (Å²) in [7, 11) is 0. The van der Waals surface area contributed by atoms with Gasteiger partial charge >= 0.3 is 0 Å². The van der Waals surface area contributed by atoms with Crippen molar-refractivity contribution in [2.24, 2.45) is 11.8 Å². The first-order valence-corrected chi connectivity index (χ1v) is 3.60. The zero-order chi connectivity index (χ0) is 6.85. The zero-order valence-electron chi connectivity index (χ0n) is 5.88. The summed E-state index contributed by atoms with van der Waals surface area (Å²) in [6.45, 7) is 5.75. The lowest BCUT2D eigenvalue weighted by atomic mass is 10.2. The highest BCUT2D eigenvalue weighted by Gasteiger charge is 2.46. The summed E-state index contributed by atoms with van der Waals surface area (Å²) in [5.74, 6) is 1.11. The van der Waals surface area contributed by atoms with Gasteiger partial charge in [-0.25, -0.2) is 0 Å². The first kappa shape index (κ1) is 6.81. The molecule has 1 N–H and O–H groups in total. The van der Waals surface area contributed by atoms with Gasteiger partial charge in [0.15, 0.2) is 0 Å². The Morgan fingerprint density at radius 1 is 1.56 bits per heavy atom. The Labute approximate surface area is 56.4 Å². The van der Waals surface area contributed by atoms with E-state index >= 15 is 0 Å². The Balaban J connectivity index is 2.24. The van der Waals surface area contributed by atoms with Crippen LogP contribution in [0.25, 0.3) is 0 Å². The molecule has 3 unspecified atom stereocenters. The highest BCUT2D eigenvalue weighted by molar-refractivity contribution is 4.99. The van der Waals surface area contributed by atoms with Crippen molar-refractivity contribution < 1.29 is 5.11 Å². The molecule has 1 aliphatic rings. The Morgan fingerprint density at radius 3 is 2.56 bits per heavy atom. The molecule has 0 aromatic heterocycles. The summed E-state index contributed by atoms with van der Waals surface area (Å²) >= 11 is 0. The van der Waals surface area contributed by atoms with Crippen LogP contribution in [0.15, 0.2) is 12.7 Å². The summed E-state index contributed by atoms with van der Waals surface area (Å²) in [6, 6.07) is 0. The second-order valence-corrected chi connectivity index (χ2v) is 2.75. The number of hydrogen-bond donors (Lipinski definition) is 1. The van der Waals surface area contributed by atoms with Gasteiger partial charge in [0.05, 0.1) is 6.10 Å². The van der Waals surface area contributed by atoms with E-state index in [1.807, 2.05) is 6.08 Å². The quantitative estimate of drug-likeness (QED) is 0.569. The van der Waals surface area contributed by atoms with E-state index in [2.05, 4.69) is 13.5 Å². The second kappa shape index (κ2) is 2.53. The average Bonchev–Trinajstić information content (AvgIpc) is 2.44. The Bertz CT molecular complexity index is 109. The Hall–Kier alpha value is -0.300. The van der Waals surface area contributed by atoms with Crippen molar-refractivity contribution in [1.82, 2.24) is 0 Å². The fourth-order valence-corrected chi connectivity index (χ4v) is 1.48. The van der Waals surface area contributed by atoms with Crippen molar-refractivity contribution in [3.05, 3.63) is 12.7 Å². The molecule has 52 valence electrons.